The standard InChI is InChI=1S/C13H16N2OS/c1-9-8-17-12(14-9)15-11-6-4-10(5-7-11)13(2,3)16/h4-8,16H,1-3H3,(H,14,15). The first-order chi connectivity index (χ1) is 7.95. The zero-order chi connectivity index (χ0) is 12.5. The molecule has 0 atom stereocenters. The molecule has 2 aromatic rings. The largest absolute Gasteiger partial charge is 0.386 e. The zero-order valence-electron chi connectivity index (χ0n) is 10.2. The number of rotatable bonds is 3. The van der Waals surface area contributed by atoms with Gasteiger partial charge in [-0.1, -0.05) is 12.1 Å². The molecule has 0 unspecified atom stereocenters. The Morgan fingerprint density at radius 3 is 2.35 bits per heavy atom. The molecule has 0 aliphatic rings. The van der Waals surface area contributed by atoms with E-state index in [0.29, 0.717) is 0 Å². The van der Waals surface area contributed by atoms with Crippen LogP contribution in [0.3, 0.4) is 0 Å². The van der Waals surface area contributed by atoms with Gasteiger partial charge in [-0.15, -0.1) is 11.3 Å². The van der Waals surface area contributed by atoms with Gasteiger partial charge in [-0.05, 0) is 38.5 Å². The SMILES string of the molecule is Cc1csc(Nc2ccc(C(C)(C)O)cc2)n1. The van der Waals surface area contributed by atoms with E-state index < -0.39 is 5.60 Å². The van der Waals surface area contributed by atoms with Crippen LogP contribution in [0.25, 0.3) is 0 Å². The van der Waals surface area contributed by atoms with E-state index in [1.807, 2.05) is 36.6 Å². The molecule has 1 aromatic heterocycles. The predicted octanol–water partition coefficient (Wildman–Crippen LogP) is 3.42. The lowest BCUT2D eigenvalue weighted by Crippen LogP contribution is -2.14. The minimum Gasteiger partial charge on any atom is -0.386 e. The van der Waals surface area contributed by atoms with Gasteiger partial charge in [0.25, 0.3) is 0 Å². The van der Waals surface area contributed by atoms with E-state index >= 15 is 0 Å². The molecular weight excluding hydrogens is 232 g/mol. The van der Waals surface area contributed by atoms with Gasteiger partial charge in [-0.3, -0.25) is 0 Å². The summed E-state index contributed by atoms with van der Waals surface area (Å²) in [7, 11) is 0. The van der Waals surface area contributed by atoms with Crippen LogP contribution in [-0.2, 0) is 5.60 Å². The van der Waals surface area contributed by atoms with Crippen molar-refractivity contribution in [1.82, 2.24) is 4.98 Å². The minimum atomic E-state index is -0.795. The second kappa shape index (κ2) is 4.47. The lowest BCUT2D eigenvalue weighted by molar-refractivity contribution is 0.0786. The molecule has 0 bridgehead atoms. The van der Waals surface area contributed by atoms with Crippen molar-refractivity contribution >= 4 is 22.2 Å². The van der Waals surface area contributed by atoms with Crippen LogP contribution < -0.4 is 5.32 Å². The van der Waals surface area contributed by atoms with Crippen molar-refractivity contribution in [2.24, 2.45) is 0 Å². The summed E-state index contributed by atoms with van der Waals surface area (Å²) in [4.78, 5) is 4.34. The highest BCUT2D eigenvalue weighted by Crippen LogP contribution is 2.24. The Bertz CT molecular complexity index is 497. The van der Waals surface area contributed by atoms with Crippen molar-refractivity contribution in [3.63, 3.8) is 0 Å². The average molecular weight is 248 g/mol. The van der Waals surface area contributed by atoms with E-state index in [0.717, 1.165) is 22.1 Å². The van der Waals surface area contributed by atoms with Crippen LogP contribution >= 0.6 is 11.3 Å². The number of benzene rings is 1. The van der Waals surface area contributed by atoms with Crippen molar-refractivity contribution in [3.8, 4) is 0 Å². The molecule has 0 aliphatic heterocycles. The molecule has 0 saturated heterocycles. The van der Waals surface area contributed by atoms with Gasteiger partial charge < -0.3 is 10.4 Å². The number of anilines is 2. The first kappa shape index (κ1) is 12.1. The highest BCUT2D eigenvalue weighted by molar-refractivity contribution is 7.13. The number of thiazole rings is 1. The van der Waals surface area contributed by atoms with Crippen LogP contribution in [-0.4, -0.2) is 10.1 Å². The first-order valence-corrected chi connectivity index (χ1v) is 6.35. The maximum absolute atomic E-state index is 9.84. The summed E-state index contributed by atoms with van der Waals surface area (Å²) in [5.41, 5.74) is 2.10. The van der Waals surface area contributed by atoms with Crippen LogP contribution in [0.15, 0.2) is 29.6 Å². The van der Waals surface area contributed by atoms with E-state index in [9.17, 15) is 5.11 Å². The van der Waals surface area contributed by atoms with Crippen LogP contribution in [0, 0.1) is 6.92 Å². The molecule has 0 fully saturated rings. The highest BCUT2D eigenvalue weighted by Gasteiger charge is 2.15. The summed E-state index contributed by atoms with van der Waals surface area (Å²) >= 11 is 1.58. The first-order valence-electron chi connectivity index (χ1n) is 5.47. The monoisotopic (exact) mass is 248 g/mol. The summed E-state index contributed by atoms with van der Waals surface area (Å²) in [6.07, 6.45) is 0. The molecule has 3 nitrogen and oxygen atoms in total. The van der Waals surface area contributed by atoms with E-state index in [1.54, 1.807) is 25.2 Å². The van der Waals surface area contributed by atoms with Crippen molar-refractivity contribution in [3.05, 3.63) is 40.9 Å². The van der Waals surface area contributed by atoms with Gasteiger partial charge in [0.15, 0.2) is 5.13 Å². The number of nitrogens with zero attached hydrogens (tertiary/aromatic N) is 1. The zero-order valence-corrected chi connectivity index (χ0v) is 11.0. The van der Waals surface area contributed by atoms with E-state index in [1.165, 1.54) is 0 Å². The summed E-state index contributed by atoms with van der Waals surface area (Å²) in [6.45, 7) is 5.53. The lowest BCUT2D eigenvalue weighted by Gasteiger charge is -2.17. The van der Waals surface area contributed by atoms with Crippen LogP contribution in [0.1, 0.15) is 25.1 Å². The fourth-order valence-electron chi connectivity index (χ4n) is 1.50. The van der Waals surface area contributed by atoms with Gasteiger partial charge >= 0.3 is 0 Å². The molecule has 0 aliphatic carbocycles. The maximum Gasteiger partial charge on any atom is 0.187 e. The van der Waals surface area contributed by atoms with Gasteiger partial charge in [0.05, 0.1) is 11.3 Å². The number of nitrogens with one attached hydrogen (secondary N) is 1. The number of aryl methyl sites for hydroxylation is 1. The van der Waals surface area contributed by atoms with E-state index in [4.69, 9.17) is 0 Å². The van der Waals surface area contributed by atoms with Gasteiger partial charge in [0, 0.05) is 11.1 Å². The molecule has 0 spiro atoms. The quantitative estimate of drug-likeness (QED) is 0.874. The Labute approximate surface area is 105 Å². The molecular formula is C13H16N2OS. The van der Waals surface area contributed by atoms with Crippen molar-refractivity contribution in [2.45, 2.75) is 26.4 Å². The molecule has 2 N–H and O–H groups in total. The third-order valence-corrected chi connectivity index (χ3v) is 3.34. The maximum atomic E-state index is 9.84. The molecule has 1 heterocycles. The molecule has 90 valence electrons. The number of aromatic nitrogens is 1. The van der Waals surface area contributed by atoms with Crippen molar-refractivity contribution in [2.75, 3.05) is 5.32 Å². The second-order valence-corrected chi connectivity index (χ2v) is 5.41. The van der Waals surface area contributed by atoms with E-state index in [-0.39, 0.29) is 0 Å². The number of aliphatic hydroxyl groups is 1. The normalized spacial score (nSPS) is 11.5. The third kappa shape index (κ3) is 3.05. The smallest absolute Gasteiger partial charge is 0.187 e. The molecule has 17 heavy (non-hydrogen) atoms. The Hall–Kier alpha value is -1.39. The van der Waals surface area contributed by atoms with Gasteiger partial charge in [-0.25, -0.2) is 4.98 Å². The van der Waals surface area contributed by atoms with Crippen LogP contribution in [0.4, 0.5) is 10.8 Å². The van der Waals surface area contributed by atoms with Gasteiger partial charge in [0.2, 0.25) is 0 Å². The summed E-state index contributed by atoms with van der Waals surface area (Å²) < 4.78 is 0. The fraction of sp³-hybridized carbons (Fsp3) is 0.308. The molecule has 0 saturated carbocycles. The number of hydrogen-bond donors (Lipinski definition) is 2. The Morgan fingerprint density at radius 1 is 1.24 bits per heavy atom. The molecule has 4 heteroatoms. The van der Waals surface area contributed by atoms with Crippen LogP contribution in [0.5, 0.6) is 0 Å². The topological polar surface area (TPSA) is 45.1 Å². The van der Waals surface area contributed by atoms with Gasteiger partial charge in [0.1, 0.15) is 0 Å². The highest BCUT2D eigenvalue weighted by atomic mass is 32.1. The van der Waals surface area contributed by atoms with Crippen LogP contribution in [0.2, 0.25) is 0 Å². The van der Waals surface area contributed by atoms with E-state index in [2.05, 4.69) is 10.3 Å². The fourth-order valence-corrected chi connectivity index (χ4v) is 2.20. The molecule has 0 radical (unpaired) electrons. The van der Waals surface area contributed by atoms with Gasteiger partial charge in [-0.2, -0.15) is 0 Å². The Balaban J connectivity index is 2.13. The second-order valence-electron chi connectivity index (χ2n) is 4.56. The molecule has 1 aromatic carbocycles. The predicted molar refractivity (Wildman–Crippen MR) is 71.8 cm³/mol. The Kier molecular flexibility index (Phi) is 3.17. The van der Waals surface area contributed by atoms with Crippen molar-refractivity contribution < 1.29 is 5.11 Å². The lowest BCUT2D eigenvalue weighted by atomic mass is 9.98. The summed E-state index contributed by atoms with van der Waals surface area (Å²) in [5.74, 6) is 0. The summed E-state index contributed by atoms with van der Waals surface area (Å²) in [5, 5.41) is 16.0. The molecule has 2 rings (SSSR count). The average Bonchev–Trinajstić information content (AvgIpc) is 2.63. The third-order valence-electron chi connectivity index (χ3n) is 2.46. The number of hydrogen-bond acceptors (Lipinski definition) is 4. The summed E-state index contributed by atoms with van der Waals surface area (Å²) in [6, 6.07) is 7.74. The minimum absolute atomic E-state index is 0.795. The van der Waals surface area contributed by atoms with Crippen molar-refractivity contribution in [1.29, 1.82) is 0 Å². The Morgan fingerprint density at radius 2 is 1.88 bits per heavy atom. The molecule has 0 amide bonds.